The topological polar surface area (TPSA) is 73.2 Å². The first-order valence-electron chi connectivity index (χ1n) is 6.58. The van der Waals surface area contributed by atoms with Gasteiger partial charge in [-0.15, -0.1) is 0 Å². The molecule has 108 valence electrons. The van der Waals surface area contributed by atoms with E-state index < -0.39 is 5.54 Å². The molecular formula is C15H21N3O2. The molecule has 0 aliphatic rings. The van der Waals surface area contributed by atoms with Crippen LogP contribution < -0.4 is 15.2 Å². The van der Waals surface area contributed by atoms with Gasteiger partial charge < -0.3 is 20.2 Å². The number of methoxy groups -OCH3 is 2. The van der Waals surface area contributed by atoms with Crippen molar-refractivity contribution in [2.24, 2.45) is 5.73 Å². The number of rotatable bonds is 5. The van der Waals surface area contributed by atoms with E-state index in [1.807, 2.05) is 32.0 Å². The molecule has 2 aromatic rings. The Morgan fingerprint density at radius 3 is 2.65 bits per heavy atom. The van der Waals surface area contributed by atoms with Crippen LogP contribution >= 0.6 is 0 Å². The van der Waals surface area contributed by atoms with E-state index in [2.05, 4.69) is 9.97 Å². The number of H-pyrrole nitrogens is 1. The monoisotopic (exact) mass is 275 g/mol. The lowest BCUT2D eigenvalue weighted by Gasteiger charge is -2.19. The zero-order valence-electron chi connectivity index (χ0n) is 12.4. The molecule has 0 aliphatic carbocycles. The Bertz CT molecular complexity index is 591. The molecule has 2 rings (SSSR count). The maximum Gasteiger partial charge on any atom is 0.128 e. The summed E-state index contributed by atoms with van der Waals surface area (Å²) >= 11 is 0. The number of nitrogens with two attached hydrogens (primary N) is 1. The van der Waals surface area contributed by atoms with Crippen molar-refractivity contribution in [1.29, 1.82) is 0 Å². The molecule has 1 unspecified atom stereocenters. The van der Waals surface area contributed by atoms with Gasteiger partial charge in [-0.1, -0.05) is 6.92 Å². The van der Waals surface area contributed by atoms with Crippen LogP contribution in [0.15, 0.2) is 24.4 Å². The van der Waals surface area contributed by atoms with Gasteiger partial charge in [-0.25, -0.2) is 4.98 Å². The molecule has 5 heteroatoms. The number of nitrogens with zero attached hydrogens (tertiary/aromatic N) is 1. The van der Waals surface area contributed by atoms with Gasteiger partial charge in [-0.2, -0.15) is 0 Å². The van der Waals surface area contributed by atoms with Crippen LogP contribution in [0.1, 0.15) is 26.1 Å². The van der Waals surface area contributed by atoms with E-state index in [-0.39, 0.29) is 0 Å². The predicted octanol–water partition coefficient (Wildman–Crippen LogP) is 2.68. The molecule has 0 bridgehead atoms. The molecule has 0 saturated carbocycles. The van der Waals surface area contributed by atoms with Crippen molar-refractivity contribution in [2.75, 3.05) is 14.2 Å². The van der Waals surface area contributed by atoms with Gasteiger partial charge in [0.15, 0.2) is 0 Å². The van der Waals surface area contributed by atoms with Crippen LogP contribution in [0.3, 0.4) is 0 Å². The van der Waals surface area contributed by atoms with Crippen LogP contribution in [0.5, 0.6) is 11.5 Å². The Hall–Kier alpha value is -2.01. The summed E-state index contributed by atoms with van der Waals surface area (Å²) in [4.78, 5) is 7.66. The normalized spacial score (nSPS) is 13.8. The minimum atomic E-state index is -0.468. The second kappa shape index (κ2) is 5.54. The Labute approximate surface area is 119 Å². The molecule has 3 N–H and O–H groups in total. The zero-order chi connectivity index (χ0) is 14.8. The molecule has 20 heavy (non-hydrogen) atoms. The van der Waals surface area contributed by atoms with Crippen LogP contribution in [0.4, 0.5) is 0 Å². The summed E-state index contributed by atoms with van der Waals surface area (Å²) in [6.07, 6.45) is 2.57. The molecular weight excluding hydrogens is 254 g/mol. The zero-order valence-corrected chi connectivity index (χ0v) is 12.4. The van der Waals surface area contributed by atoms with Gasteiger partial charge in [0.25, 0.3) is 0 Å². The molecule has 0 radical (unpaired) electrons. The van der Waals surface area contributed by atoms with E-state index in [0.717, 1.165) is 35.0 Å². The average molecular weight is 275 g/mol. The molecule has 0 spiro atoms. The number of hydrogen-bond donors (Lipinski definition) is 2. The standard InChI is InChI=1S/C15H21N3O2/c1-5-15(2,16)14-17-9-12(18-14)11-8-10(19-3)6-7-13(11)20-4/h6-9H,5,16H2,1-4H3,(H,17,18). The third-order valence-electron chi connectivity index (χ3n) is 3.55. The number of hydrogen-bond acceptors (Lipinski definition) is 4. The molecule has 0 saturated heterocycles. The molecule has 0 amide bonds. The summed E-state index contributed by atoms with van der Waals surface area (Å²) in [5.41, 5.74) is 7.50. The van der Waals surface area contributed by atoms with E-state index in [4.69, 9.17) is 15.2 Å². The Morgan fingerprint density at radius 1 is 1.30 bits per heavy atom. The molecule has 1 aromatic carbocycles. The largest absolute Gasteiger partial charge is 0.497 e. The smallest absolute Gasteiger partial charge is 0.128 e. The van der Waals surface area contributed by atoms with Gasteiger partial charge in [0.1, 0.15) is 17.3 Å². The summed E-state index contributed by atoms with van der Waals surface area (Å²) in [5, 5.41) is 0. The molecule has 1 atom stereocenters. The first-order chi connectivity index (χ1) is 9.51. The average Bonchev–Trinajstić information content (AvgIpc) is 2.97. The SMILES string of the molecule is CCC(C)(N)c1ncc(-c2cc(OC)ccc2OC)[nH]1. The van der Waals surface area contributed by atoms with Gasteiger partial charge in [-0.05, 0) is 31.5 Å². The molecule has 5 nitrogen and oxygen atoms in total. The fourth-order valence-electron chi connectivity index (χ4n) is 1.94. The summed E-state index contributed by atoms with van der Waals surface area (Å²) in [6.45, 7) is 3.99. The molecule has 0 fully saturated rings. The highest BCUT2D eigenvalue weighted by molar-refractivity contribution is 5.68. The number of ether oxygens (including phenoxy) is 2. The lowest BCUT2D eigenvalue weighted by molar-refractivity contribution is 0.404. The van der Waals surface area contributed by atoms with Gasteiger partial charge in [-0.3, -0.25) is 0 Å². The van der Waals surface area contributed by atoms with Crippen molar-refractivity contribution in [1.82, 2.24) is 9.97 Å². The summed E-state index contributed by atoms with van der Waals surface area (Å²) < 4.78 is 10.6. The van der Waals surface area contributed by atoms with Crippen molar-refractivity contribution in [2.45, 2.75) is 25.8 Å². The second-order valence-corrected chi connectivity index (χ2v) is 4.98. The first-order valence-corrected chi connectivity index (χ1v) is 6.58. The highest BCUT2D eigenvalue weighted by Gasteiger charge is 2.23. The van der Waals surface area contributed by atoms with Gasteiger partial charge >= 0.3 is 0 Å². The van der Waals surface area contributed by atoms with E-state index in [9.17, 15) is 0 Å². The van der Waals surface area contributed by atoms with Gasteiger partial charge in [0.2, 0.25) is 0 Å². The van der Waals surface area contributed by atoms with E-state index in [0.29, 0.717) is 0 Å². The number of aromatic nitrogens is 2. The maximum absolute atomic E-state index is 6.21. The predicted molar refractivity (Wildman–Crippen MR) is 79.0 cm³/mol. The quantitative estimate of drug-likeness (QED) is 0.880. The lowest BCUT2D eigenvalue weighted by atomic mass is 10.00. The number of nitrogens with one attached hydrogen (secondary N) is 1. The van der Waals surface area contributed by atoms with E-state index in [1.54, 1.807) is 20.4 Å². The van der Waals surface area contributed by atoms with E-state index in [1.165, 1.54) is 0 Å². The van der Waals surface area contributed by atoms with Crippen molar-refractivity contribution >= 4 is 0 Å². The number of aromatic amines is 1. The molecule has 0 aliphatic heterocycles. The van der Waals surface area contributed by atoms with Crippen molar-refractivity contribution < 1.29 is 9.47 Å². The summed E-state index contributed by atoms with van der Waals surface area (Å²) in [7, 11) is 3.28. The van der Waals surface area contributed by atoms with Crippen molar-refractivity contribution in [3.63, 3.8) is 0 Å². The molecule has 1 aromatic heterocycles. The minimum Gasteiger partial charge on any atom is -0.497 e. The fourth-order valence-corrected chi connectivity index (χ4v) is 1.94. The first kappa shape index (κ1) is 14.4. The van der Waals surface area contributed by atoms with Crippen LogP contribution in [0, 0.1) is 0 Å². The van der Waals surface area contributed by atoms with Crippen LogP contribution in [-0.2, 0) is 5.54 Å². The van der Waals surface area contributed by atoms with Crippen LogP contribution in [-0.4, -0.2) is 24.2 Å². The Morgan fingerprint density at radius 2 is 2.05 bits per heavy atom. The summed E-state index contributed by atoms with van der Waals surface area (Å²) in [5.74, 6) is 2.29. The second-order valence-electron chi connectivity index (χ2n) is 4.98. The summed E-state index contributed by atoms with van der Waals surface area (Å²) in [6, 6.07) is 5.64. The number of benzene rings is 1. The Balaban J connectivity index is 2.46. The maximum atomic E-state index is 6.21. The Kier molecular flexibility index (Phi) is 3.99. The lowest BCUT2D eigenvalue weighted by Crippen LogP contribution is -2.33. The van der Waals surface area contributed by atoms with E-state index >= 15 is 0 Å². The highest BCUT2D eigenvalue weighted by atomic mass is 16.5. The van der Waals surface area contributed by atoms with Gasteiger partial charge in [0.05, 0.1) is 31.6 Å². The van der Waals surface area contributed by atoms with Gasteiger partial charge in [0, 0.05) is 5.56 Å². The van der Waals surface area contributed by atoms with Crippen molar-refractivity contribution in [3.8, 4) is 22.8 Å². The highest BCUT2D eigenvalue weighted by Crippen LogP contribution is 2.33. The third-order valence-corrected chi connectivity index (χ3v) is 3.55. The fraction of sp³-hybridized carbons (Fsp3) is 0.400. The third kappa shape index (κ3) is 2.63. The van der Waals surface area contributed by atoms with Crippen LogP contribution in [0.25, 0.3) is 11.3 Å². The molecule has 1 heterocycles. The van der Waals surface area contributed by atoms with Crippen molar-refractivity contribution in [3.05, 3.63) is 30.2 Å². The van der Waals surface area contributed by atoms with Crippen LogP contribution in [0.2, 0.25) is 0 Å². The number of imidazole rings is 1. The minimum absolute atomic E-state index is 0.468.